The van der Waals surface area contributed by atoms with E-state index in [1.54, 1.807) is 206 Å². The van der Waals surface area contributed by atoms with Gasteiger partial charge >= 0.3 is 0 Å². The summed E-state index contributed by atoms with van der Waals surface area (Å²) in [6.45, 7) is 0. The van der Waals surface area contributed by atoms with E-state index < -0.39 is 60.4 Å². The third-order valence-electron chi connectivity index (χ3n) is 19.0. The van der Waals surface area contributed by atoms with Crippen LogP contribution in [0, 0.1) is 0 Å². The van der Waals surface area contributed by atoms with E-state index in [0.29, 0.717) is 118 Å². The smallest absolute Gasteiger partial charge is 0.140 e. The summed E-state index contributed by atoms with van der Waals surface area (Å²) in [7, 11) is 0. The summed E-state index contributed by atoms with van der Waals surface area (Å²) in [4.78, 5) is 153. The minimum Gasteiger partial charge on any atom is -0.302 e. The van der Waals surface area contributed by atoms with Gasteiger partial charge in [-0.25, -0.2) is 10.9 Å². The molecule has 0 aliphatic carbocycles. The van der Waals surface area contributed by atoms with Gasteiger partial charge in [0.15, 0.2) is 0 Å². The van der Waals surface area contributed by atoms with Gasteiger partial charge in [-0.2, -0.15) is 10.2 Å². The number of aldehydes is 10. The Morgan fingerprint density at radius 1 is 0.173 bits per heavy atom. The topological polar surface area (TPSA) is 221 Å². The van der Waals surface area contributed by atoms with Gasteiger partial charge in [-0.05, 0) is 120 Å². The number of hydrogen-bond donors (Lipinski definition) is 2. The summed E-state index contributed by atoms with van der Waals surface area (Å²) in [6, 6.07) is 74.6. The highest BCUT2D eigenvalue weighted by atomic mass is 16.2. The molecular weight excluding hydrogens is 1380 g/mol. The van der Waals surface area contributed by atoms with Crippen LogP contribution in [-0.4, -0.2) is 164 Å². The van der Waals surface area contributed by atoms with Crippen molar-refractivity contribution in [3.63, 3.8) is 0 Å². The van der Waals surface area contributed by atoms with E-state index in [0.717, 1.165) is 0 Å². The highest BCUT2D eigenvalue weighted by Crippen LogP contribution is 2.34. The Kier molecular flexibility index (Phi) is 32.0. The molecule has 0 aliphatic rings. The Bertz CT molecular complexity index is 4130. The maximum absolute atomic E-state index is 15.9. The second-order valence-electron chi connectivity index (χ2n) is 26.9. The molecule has 0 saturated heterocycles. The van der Waals surface area contributed by atoms with Crippen LogP contribution >= 0.6 is 0 Å². The highest BCUT2D eigenvalue weighted by Gasteiger charge is 2.53. The van der Waals surface area contributed by atoms with Crippen LogP contribution in [0.25, 0.3) is 0 Å². The molecule has 0 aliphatic heterocycles. The molecule has 0 bridgehead atoms. The molecule has 0 radical (unpaired) electrons. The van der Waals surface area contributed by atoms with Crippen molar-refractivity contribution in [3.05, 3.63) is 359 Å². The number of benzene rings is 10. The van der Waals surface area contributed by atoms with Gasteiger partial charge in [0.1, 0.15) is 111 Å². The zero-order valence-corrected chi connectivity index (χ0v) is 61.1. The van der Waals surface area contributed by atoms with Gasteiger partial charge < -0.3 is 47.9 Å². The summed E-state index contributed by atoms with van der Waals surface area (Å²) in [5.74, 6) is 0. The number of nitrogens with one attached hydrogen (secondary N) is 2. The van der Waals surface area contributed by atoms with Crippen molar-refractivity contribution in [2.75, 3.05) is 0 Å². The number of rotatable bonds is 49. The Morgan fingerprint density at radius 2 is 0.309 bits per heavy atom. The van der Waals surface area contributed by atoms with E-state index in [9.17, 15) is 9.59 Å². The summed E-state index contributed by atoms with van der Waals surface area (Å²) in [6.07, 6.45) is 4.61. The summed E-state index contributed by atoms with van der Waals surface area (Å²) < 4.78 is 0. The predicted octanol–water partition coefficient (Wildman–Crippen LogP) is 9.92. The fraction of sp³-hybridized carbons (Fsp3) is 0.222. The highest BCUT2D eigenvalue weighted by molar-refractivity contribution is 5.66. The van der Waals surface area contributed by atoms with Gasteiger partial charge in [0.25, 0.3) is 0 Å². The van der Waals surface area contributed by atoms with Crippen molar-refractivity contribution in [3.8, 4) is 0 Å². The van der Waals surface area contributed by atoms with Crippen molar-refractivity contribution in [1.82, 2.24) is 51.8 Å². The molecule has 110 heavy (non-hydrogen) atoms. The molecule has 0 fully saturated rings. The average Bonchev–Trinajstić information content (AvgIpc) is 0.741. The third kappa shape index (κ3) is 22.8. The van der Waals surface area contributed by atoms with Crippen LogP contribution in [0.4, 0.5) is 0 Å². The molecule has 20 nitrogen and oxygen atoms in total. The fourth-order valence-corrected chi connectivity index (χ4v) is 13.7. The van der Waals surface area contributed by atoms with Gasteiger partial charge in [0.2, 0.25) is 0 Å². The Labute approximate surface area is 642 Å². The van der Waals surface area contributed by atoms with Crippen LogP contribution < -0.4 is 10.9 Å². The van der Waals surface area contributed by atoms with Crippen molar-refractivity contribution in [1.29, 1.82) is 0 Å². The van der Waals surface area contributed by atoms with E-state index in [-0.39, 0.29) is 64.2 Å². The molecule has 10 aromatic rings. The molecule has 10 aromatic carbocycles. The van der Waals surface area contributed by atoms with Crippen molar-refractivity contribution >= 4 is 62.9 Å². The Balaban J connectivity index is 1.42. The largest absolute Gasteiger partial charge is 0.302 e. The number of hydrazine groups is 9. The van der Waals surface area contributed by atoms with Gasteiger partial charge in [-0.3, -0.25) is 0 Å². The monoisotopic (exact) mass is 1470 g/mol. The lowest BCUT2D eigenvalue weighted by Crippen LogP contribution is -2.82. The van der Waals surface area contributed by atoms with Crippen LogP contribution in [0.3, 0.4) is 0 Å². The molecule has 2 N–H and O–H groups in total. The number of carbonyl (C=O) groups is 10. The predicted molar refractivity (Wildman–Crippen MR) is 421 cm³/mol. The van der Waals surface area contributed by atoms with Gasteiger partial charge in [0, 0.05) is 0 Å². The number of nitrogens with zero attached hydrogens (tertiary/aromatic N) is 8. The van der Waals surface area contributed by atoms with Crippen LogP contribution in [0.1, 0.15) is 55.6 Å². The van der Waals surface area contributed by atoms with Crippen LogP contribution in [-0.2, 0) is 112 Å². The molecule has 0 spiro atoms. The molecule has 10 atom stereocenters. The minimum absolute atomic E-state index is 0.00420. The summed E-state index contributed by atoms with van der Waals surface area (Å²) in [5, 5.41) is 10.9. The summed E-state index contributed by atoms with van der Waals surface area (Å²) in [5.41, 5.74) is 12.8. The molecule has 0 aromatic heterocycles. The zero-order valence-electron chi connectivity index (χ0n) is 61.1. The minimum atomic E-state index is -1.73. The van der Waals surface area contributed by atoms with Crippen LogP contribution in [0.2, 0.25) is 0 Å². The molecule has 0 unspecified atom stereocenters. The maximum Gasteiger partial charge on any atom is 0.140 e. The molecule has 10 rings (SSSR count). The maximum atomic E-state index is 15.9. The molecule has 0 saturated carbocycles. The van der Waals surface area contributed by atoms with E-state index >= 15 is 38.4 Å². The number of carbonyl (C=O) groups excluding carboxylic acids is 10. The normalized spacial score (nSPS) is 14.4. The Hall–Kier alpha value is -11.5. The van der Waals surface area contributed by atoms with Gasteiger partial charge in [0.05, 0.1) is 12.1 Å². The molecule has 0 heterocycles. The molecule has 562 valence electrons. The second-order valence-corrected chi connectivity index (χ2v) is 26.9. The second kappa shape index (κ2) is 43.5. The zero-order chi connectivity index (χ0) is 77.1. The lowest BCUT2D eigenvalue weighted by molar-refractivity contribution is -0.457. The number of hydrogen-bond acceptors (Lipinski definition) is 20. The molecular formula is C90H92N10O10. The quantitative estimate of drug-likeness (QED) is 0.0267. The van der Waals surface area contributed by atoms with Gasteiger partial charge in [-0.1, -0.05) is 303 Å². The van der Waals surface area contributed by atoms with Crippen molar-refractivity contribution in [2.24, 2.45) is 0 Å². The van der Waals surface area contributed by atoms with E-state index in [2.05, 4.69) is 10.9 Å². The van der Waals surface area contributed by atoms with Crippen LogP contribution in [0.5, 0.6) is 0 Å². The fourth-order valence-electron chi connectivity index (χ4n) is 13.7. The van der Waals surface area contributed by atoms with E-state index in [1.165, 1.54) is 40.9 Å². The lowest BCUT2D eigenvalue weighted by Gasteiger charge is -2.60. The van der Waals surface area contributed by atoms with Gasteiger partial charge in [-0.15, -0.1) is 30.7 Å². The van der Waals surface area contributed by atoms with E-state index in [1.807, 2.05) is 97.1 Å². The lowest BCUT2D eigenvalue weighted by atomic mass is 10.0. The SMILES string of the molecule is O=C[C@@H](Cc1ccccc1)NN([C@@H](C=O)Cc1ccccc1)N([C@@H](C=O)Cc1ccccc1)N([C@@H](C=O)Cc1ccccc1)N([C@@H](C=O)Cc1ccccc1)N([C@@H](C=O)Cc1ccccc1)N([C@@H](C=O)Cc1ccccc1)N([C@@H](C=O)Cc1ccccc1)N(N[C@@H](C=O)Cc1ccccc1)[C@@H](C=O)Cc1ccccc1. The van der Waals surface area contributed by atoms with Crippen molar-refractivity contribution < 1.29 is 47.9 Å². The van der Waals surface area contributed by atoms with E-state index in [4.69, 9.17) is 0 Å². The molecule has 0 amide bonds. The first-order valence-corrected chi connectivity index (χ1v) is 36.9. The standard InChI is InChI=1S/C90H92N10O10/c101-61-81(51-71-31-11-1-12-32-71)91-93(83(63-103)53-73-35-15-3-16-36-73)95(85(65-105)55-75-39-19-5-20-40-75)97(87(67-107)57-77-43-23-7-24-44-77)99(89(69-109)59-79-47-27-9-28-48-79)100(90(70-110)60-80-49-29-10-30-50-80)98(88(68-108)58-78-45-25-8-26-46-78)96(86(66-106)56-76-41-21-6-22-42-76)94(84(64-104)54-74-37-17-4-18-38-74)92-82(62-102)52-72-33-13-2-14-34-72/h1-50,61-70,81-92H,51-60H2/t81-,82-,83-,84-,85-,86-,87-,88-,89-,90-/m1/s1. The third-order valence-corrected chi connectivity index (χ3v) is 19.0. The first kappa shape index (κ1) is 81.0. The average molecular weight is 1470 g/mol. The molecule has 20 heteroatoms. The Morgan fingerprint density at radius 3 is 0.464 bits per heavy atom. The first-order valence-electron chi connectivity index (χ1n) is 36.9. The van der Waals surface area contributed by atoms with Crippen molar-refractivity contribution in [2.45, 2.75) is 125 Å². The summed E-state index contributed by atoms with van der Waals surface area (Å²) >= 11 is 0. The first-order chi connectivity index (χ1) is 54.1. The van der Waals surface area contributed by atoms with Crippen LogP contribution in [0.15, 0.2) is 303 Å².